The van der Waals surface area contributed by atoms with Gasteiger partial charge in [0.2, 0.25) is 0 Å². The standard InChI is InChI=1S/C15H14O4.C14H12O3/c1-8(2)14-15(17-3)10-6-9-4-5-13(16)18-11(9)7-12(10)19-14;15-12-5-3-10(4-6-12)1-2-11-7-13(16)9-14(17)8-11/h4-8H,1-3H3;1-9,15-17H. The number of hydrogen-bond acceptors (Lipinski definition) is 7. The monoisotopic (exact) mass is 486 g/mol. The summed E-state index contributed by atoms with van der Waals surface area (Å²) in [6, 6.07) is 17.9. The van der Waals surface area contributed by atoms with E-state index in [2.05, 4.69) is 0 Å². The summed E-state index contributed by atoms with van der Waals surface area (Å²) in [6.45, 7) is 4.08. The molecule has 7 nitrogen and oxygen atoms in total. The van der Waals surface area contributed by atoms with E-state index in [1.165, 1.54) is 12.1 Å². The second kappa shape index (κ2) is 10.3. The number of rotatable bonds is 4. The second-order valence-corrected chi connectivity index (χ2v) is 8.50. The van der Waals surface area contributed by atoms with Crippen LogP contribution in [0.15, 0.2) is 80.4 Å². The Bertz CT molecular complexity index is 1570. The van der Waals surface area contributed by atoms with E-state index in [0.29, 0.717) is 16.7 Å². The van der Waals surface area contributed by atoms with Crippen molar-refractivity contribution in [3.8, 4) is 23.0 Å². The lowest BCUT2D eigenvalue weighted by atomic mass is 10.1. The number of hydrogen-bond donors (Lipinski definition) is 3. The van der Waals surface area contributed by atoms with Gasteiger partial charge in [-0.05, 0) is 47.5 Å². The molecular weight excluding hydrogens is 460 g/mol. The highest BCUT2D eigenvalue weighted by Crippen LogP contribution is 2.38. The van der Waals surface area contributed by atoms with Crippen LogP contribution >= 0.6 is 0 Å². The highest BCUT2D eigenvalue weighted by atomic mass is 16.5. The number of fused-ring (bicyclic) bond motifs is 2. The zero-order valence-corrected chi connectivity index (χ0v) is 20.1. The summed E-state index contributed by atoms with van der Waals surface area (Å²) in [6.07, 6.45) is 3.60. The molecule has 0 spiro atoms. The van der Waals surface area contributed by atoms with E-state index in [4.69, 9.17) is 18.7 Å². The molecule has 0 aliphatic rings. The maximum atomic E-state index is 11.2. The summed E-state index contributed by atoms with van der Waals surface area (Å²) in [4.78, 5) is 11.2. The maximum absolute atomic E-state index is 11.2. The van der Waals surface area contributed by atoms with Gasteiger partial charge in [0.25, 0.3) is 0 Å². The number of furan rings is 1. The van der Waals surface area contributed by atoms with Crippen molar-refractivity contribution >= 4 is 34.1 Å². The molecule has 0 amide bonds. The molecule has 5 rings (SSSR count). The Morgan fingerprint density at radius 3 is 2.06 bits per heavy atom. The lowest BCUT2D eigenvalue weighted by Crippen LogP contribution is -1.94. The molecule has 0 atom stereocenters. The van der Waals surface area contributed by atoms with Crippen LogP contribution in [0.3, 0.4) is 0 Å². The van der Waals surface area contributed by atoms with Crippen molar-refractivity contribution in [3.05, 3.63) is 94.0 Å². The molecule has 2 aromatic heterocycles. The summed E-state index contributed by atoms with van der Waals surface area (Å²) in [7, 11) is 1.63. The van der Waals surface area contributed by atoms with Crippen molar-refractivity contribution < 1.29 is 28.9 Å². The first kappa shape index (κ1) is 24.5. The SMILES string of the molecule is COc1c(C(C)C)oc2cc3oc(=O)ccc3cc12.Oc1ccc(C=Cc2cc(O)cc(O)c2)cc1. The topological polar surface area (TPSA) is 113 Å². The highest BCUT2D eigenvalue weighted by molar-refractivity contribution is 5.97. The minimum Gasteiger partial charge on any atom is -0.508 e. The zero-order valence-electron chi connectivity index (χ0n) is 20.1. The van der Waals surface area contributed by atoms with E-state index in [1.54, 1.807) is 61.7 Å². The average Bonchev–Trinajstić information content (AvgIpc) is 3.20. The average molecular weight is 487 g/mol. The molecule has 3 N–H and O–H groups in total. The summed E-state index contributed by atoms with van der Waals surface area (Å²) < 4.78 is 16.4. The Morgan fingerprint density at radius 2 is 1.42 bits per heavy atom. The minimum atomic E-state index is -0.366. The van der Waals surface area contributed by atoms with Gasteiger partial charge in [-0.3, -0.25) is 0 Å². The molecule has 0 bridgehead atoms. The molecule has 3 aromatic carbocycles. The Kier molecular flexibility index (Phi) is 7.01. The fraction of sp³-hybridized carbons (Fsp3) is 0.138. The van der Waals surface area contributed by atoms with Gasteiger partial charge in [-0.15, -0.1) is 0 Å². The fourth-order valence-electron chi connectivity index (χ4n) is 3.74. The predicted octanol–water partition coefficient (Wildman–Crippen LogP) is 6.65. The Morgan fingerprint density at radius 1 is 0.750 bits per heavy atom. The van der Waals surface area contributed by atoms with Crippen molar-refractivity contribution in [1.82, 2.24) is 0 Å². The van der Waals surface area contributed by atoms with Crippen LogP contribution in [0.1, 0.15) is 36.7 Å². The maximum Gasteiger partial charge on any atom is 0.336 e. The third-order valence-corrected chi connectivity index (χ3v) is 5.42. The van der Waals surface area contributed by atoms with Crippen LogP contribution in [0.2, 0.25) is 0 Å². The lowest BCUT2D eigenvalue weighted by molar-refractivity contribution is 0.390. The van der Waals surface area contributed by atoms with Crippen molar-refractivity contribution in [2.75, 3.05) is 7.11 Å². The van der Waals surface area contributed by atoms with Crippen LogP contribution in [-0.2, 0) is 0 Å². The van der Waals surface area contributed by atoms with E-state index in [0.717, 1.165) is 27.8 Å². The van der Waals surface area contributed by atoms with Crippen LogP contribution in [0.5, 0.6) is 23.0 Å². The molecule has 0 radical (unpaired) electrons. The minimum absolute atomic E-state index is 0.0235. The quantitative estimate of drug-likeness (QED) is 0.193. The molecule has 184 valence electrons. The van der Waals surface area contributed by atoms with Gasteiger partial charge in [0.1, 0.15) is 34.2 Å². The predicted molar refractivity (Wildman–Crippen MR) is 140 cm³/mol. The largest absolute Gasteiger partial charge is 0.508 e. The molecule has 0 unspecified atom stereocenters. The van der Waals surface area contributed by atoms with Crippen LogP contribution < -0.4 is 10.4 Å². The fourth-order valence-corrected chi connectivity index (χ4v) is 3.74. The first-order valence-electron chi connectivity index (χ1n) is 11.3. The van der Waals surface area contributed by atoms with Gasteiger partial charge in [0, 0.05) is 29.5 Å². The summed E-state index contributed by atoms with van der Waals surface area (Å²) in [5, 5.41) is 29.5. The molecule has 0 aliphatic carbocycles. The van der Waals surface area contributed by atoms with Crippen LogP contribution in [-0.4, -0.2) is 22.4 Å². The van der Waals surface area contributed by atoms with E-state index in [1.807, 2.05) is 26.0 Å². The number of phenols is 3. The number of aromatic hydroxyl groups is 3. The van der Waals surface area contributed by atoms with Crippen molar-refractivity contribution in [2.45, 2.75) is 19.8 Å². The van der Waals surface area contributed by atoms with E-state index >= 15 is 0 Å². The molecule has 0 saturated carbocycles. The molecule has 0 fully saturated rings. The first-order valence-corrected chi connectivity index (χ1v) is 11.3. The highest BCUT2D eigenvalue weighted by Gasteiger charge is 2.18. The second-order valence-electron chi connectivity index (χ2n) is 8.50. The summed E-state index contributed by atoms with van der Waals surface area (Å²) in [5.74, 6) is 2.04. The third-order valence-electron chi connectivity index (χ3n) is 5.42. The summed E-state index contributed by atoms with van der Waals surface area (Å²) >= 11 is 0. The van der Waals surface area contributed by atoms with Crippen molar-refractivity contribution in [1.29, 1.82) is 0 Å². The zero-order chi connectivity index (χ0) is 25.8. The molecule has 0 aliphatic heterocycles. The molecule has 7 heteroatoms. The van der Waals surface area contributed by atoms with Gasteiger partial charge in [-0.1, -0.05) is 38.1 Å². The normalized spacial score (nSPS) is 11.2. The molecule has 2 heterocycles. The van der Waals surface area contributed by atoms with Gasteiger partial charge < -0.3 is 28.9 Å². The third kappa shape index (κ3) is 5.52. The first-order chi connectivity index (χ1) is 17.2. The van der Waals surface area contributed by atoms with Gasteiger partial charge in [-0.25, -0.2) is 4.79 Å². The van der Waals surface area contributed by atoms with E-state index in [9.17, 15) is 15.0 Å². The van der Waals surface area contributed by atoms with Crippen LogP contribution in [0.25, 0.3) is 34.1 Å². The van der Waals surface area contributed by atoms with Gasteiger partial charge >= 0.3 is 5.63 Å². The van der Waals surface area contributed by atoms with Gasteiger partial charge in [-0.2, -0.15) is 0 Å². The van der Waals surface area contributed by atoms with E-state index in [-0.39, 0.29) is 28.8 Å². The smallest absolute Gasteiger partial charge is 0.336 e. The van der Waals surface area contributed by atoms with Crippen LogP contribution in [0.4, 0.5) is 0 Å². The van der Waals surface area contributed by atoms with Gasteiger partial charge in [0.05, 0.1) is 12.5 Å². The molecule has 36 heavy (non-hydrogen) atoms. The Balaban J connectivity index is 0.000000170. The van der Waals surface area contributed by atoms with Crippen LogP contribution in [0, 0.1) is 0 Å². The number of benzene rings is 3. The van der Waals surface area contributed by atoms with Crippen molar-refractivity contribution in [2.24, 2.45) is 0 Å². The number of methoxy groups -OCH3 is 1. The lowest BCUT2D eigenvalue weighted by Gasteiger charge is -2.03. The van der Waals surface area contributed by atoms with Gasteiger partial charge in [0.15, 0.2) is 5.75 Å². The van der Waals surface area contributed by atoms with E-state index < -0.39 is 0 Å². The number of ether oxygens (including phenoxy) is 1. The molecular formula is C29H26O7. The Hall–Kier alpha value is -4.65. The molecule has 0 saturated heterocycles. The number of phenolic OH excluding ortho intramolecular Hbond substituents is 3. The van der Waals surface area contributed by atoms with Crippen molar-refractivity contribution in [3.63, 3.8) is 0 Å². The Labute approximate surface area is 207 Å². The summed E-state index contributed by atoms with van der Waals surface area (Å²) in [5.41, 5.74) is 2.45. The molecule has 5 aromatic rings.